The summed E-state index contributed by atoms with van der Waals surface area (Å²) in [6.07, 6.45) is 15.9. The second kappa shape index (κ2) is 10.6. The maximum Gasteiger partial charge on any atom is 0.229 e. The number of fused-ring (bicyclic) bond motifs is 1. The molecule has 3 aliphatic rings. The molecule has 0 radical (unpaired) electrons. The third kappa shape index (κ3) is 5.50. The smallest absolute Gasteiger partial charge is 0.229 e. The number of allylic oxidation sites excluding steroid dienone is 6. The van der Waals surface area contributed by atoms with Gasteiger partial charge in [-0.15, -0.1) is 0 Å². The minimum absolute atomic E-state index is 0.0548. The van der Waals surface area contributed by atoms with Crippen LogP contribution in [-0.4, -0.2) is 17.3 Å². The predicted molar refractivity (Wildman–Crippen MR) is 142 cm³/mol. The van der Waals surface area contributed by atoms with Crippen molar-refractivity contribution in [2.45, 2.75) is 79.6 Å². The average molecular weight is 473 g/mol. The fraction of sp³-hybridized carbons (Fsp3) is 0.531. The minimum atomic E-state index is -0.408. The Balaban J connectivity index is 1.43. The summed E-state index contributed by atoms with van der Waals surface area (Å²) in [6, 6.07) is 3.96. The molecule has 1 aromatic rings. The predicted octanol–water partition coefficient (Wildman–Crippen LogP) is 7.27. The molecule has 3 heteroatoms. The van der Waals surface area contributed by atoms with E-state index in [1.807, 2.05) is 45.9 Å². The Labute approximate surface area is 210 Å². The second-order valence-electron chi connectivity index (χ2n) is 11.5. The Hall–Kier alpha value is -2.55. The molecule has 0 amide bonds. The number of carbonyl (C=O) groups excluding carboxylic acids is 3. The molecule has 4 rings (SSSR count). The van der Waals surface area contributed by atoms with Crippen LogP contribution in [0.2, 0.25) is 0 Å². The standard InChI is InChI=1S/C32H40O3/c1-19(2)22(5)30(33)32(35)27-15-14-26-16-21(4)28(18-29(26)27)31(34)25-12-10-24(11-13-25)17-23-8-6-20(3)7-9-23/h6-8,15-16,18-19,22-25H,9-14,17H2,1-5H3. The molecular weight excluding hydrogens is 432 g/mol. The Bertz CT molecular complexity index is 1110. The van der Waals surface area contributed by atoms with Gasteiger partial charge in [-0.2, -0.15) is 0 Å². The van der Waals surface area contributed by atoms with E-state index in [2.05, 4.69) is 25.2 Å². The van der Waals surface area contributed by atoms with Gasteiger partial charge in [0.2, 0.25) is 11.6 Å². The second-order valence-corrected chi connectivity index (χ2v) is 11.5. The quantitative estimate of drug-likeness (QED) is 0.295. The molecule has 1 aromatic carbocycles. The highest BCUT2D eigenvalue weighted by Gasteiger charge is 2.33. The highest BCUT2D eigenvalue weighted by molar-refractivity contribution is 6.54. The van der Waals surface area contributed by atoms with Gasteiger partial charge in [0, 0.05) is 23.0 Å². The third-order valence-electron chi connectivity index (χ3n) is 8.64. The van der Waals surface area contributed by atoms with Crippen LogP contribution in [0.4, 0.5) is 0 Å². The van der Waals surface area contributed by atoms with Crippen LogP contribution in [0.3, 0.4) is 0 Å². The number of Topliss-reactive ketones (excluding diaryl/α,β-unsaturated/α-hetero) is 3. The monoisotopic (exact) mass is 472 g/mol. The van der Waals surface area contributed by atoms with Crippen molar-refractivity contribution < 1.29 is 14.4 Å². The van der Waals surface area contributed by atoms with E-state index in [-0.39, 0.29) is 29.3 Å². The van der Waals surface area contributed by atoms with E-state index in [1.54, 1.807) is 0 Å². The summed E-state index contributed by atoms with van der Waals surface area (Å²) in [4.78, 5) is 39.3. The van der Waals surface area contributed by atoms with Crippen molar-refractivity contribution in [1.29, 1.82) is 0 Å². The number of carbonyl (C=O) groups is 3. The van der Waals surface area contributed by atoms with E-state index in [1.165, 1.54) is 12.0 Å². The van der Waals surface area contributed by atoms with Gasteiger partial charge in [-0.25, -0.2) is 0 Å². The van der Waals surface area contributed by atoms with Gasteiger partial charge in [0.1, 0.15) is 0 Å². The number of hydrogen-bond donors (Lipinski definition) is 0. The highest BCUT2D eigenvalue weighted by atomic mass is 16.2. The summed E-state index contributed by atoms with van der Waals surface area (Å²) in [6.45, 7) is 9.90. The molecule has 3 nitrogen and oxygen atoms in total. The molecule has 0 aliphatic heterocycles. The van der Waals surface area contributed by atoms with Crippen LogP contribution >= 0.6 is 0 Å². The Morgan fingerprint density at radius 3 is 2.31 bits per heavy atom. The van der Waals surface area contributed by atoms with Gasteiger partial charge in [0.05, 0.1) is 0 Å². The van der Waals surface area contributed by atoms with Gasteiger partial charge in [-0.3, -0.25) is 14.4 Å². The molecule has 2 unspecified atom stereocenters. The Kier molecular flexibility index (Phi) is 7.73. The van der Waals surface area contributed by atoms with E-state index in [9.17, 15) is 14.4 Å². The molecule has 0 aromatic heterocycles. The fourth-order valence-electron chi connectivity index (χ4n) is 5.89. The van der Waals surface area contributed by atoms with Crippen LogP contribution < -0.4 is 0 Å². The molecule has 1 fully saturated rings. The summed E-state index contributed by atoms with van der Waals surface area (Å²) in [5, 5.41) is 0. The molecule has 3 aliphatic carbocycles. The SMILES string of the molecule is CC1=CCC(CC2CCC(C(=O)c3cc4c(cc3C)CC=C4C(=O)C(=O)C(C)C(C)C)CC2)C=C1. The highest BCUT2D eigenvalue weighted by Crippen LogP contribution is 2.38. The van der Waals surface area contributed by atoms with Gasteiger partial charge in [0.15, 0.2) is 5.78 Å². The number of benzene rings is 1. The van der Waals surface area contributed by atoms with Crippen LogP contribution in [0.5, 0.6) is 0 Å². The van der Waals surface area contributed by atoms with Crippen molar-refractivity contribution in [3.8, 4) is 0 Å². The van der Waals surface area contributed by atoms with E-state index in [4.69, 9.17) is 0 Å². The molecule has 0 saturated heterocycles. The topological polar surface area (TPSA) is 51.2 Å². The van der Waals surface area contributed by atoms with Gasteiger partial charge in [-0.05, 0) is 99.3 Å². The first kappa shape index (κ1) is 25.5. The van der Waals surface area contributed by atoms with Crippen molar-refractivity contribution in [3.63, 3.8) is 0 Å². The van der Waals surface area contributed by atoms with Crippen molar-refractivity contribution in [2.24, 2.45) is 29.6 Å². The Morgan fingerprint density at radius 1 is 0.971 bits per heavy atom. The summed E-state index contributed by atoms with van der Waals surface area (Å²) in [5.41, 5.74) is 5.39. The first-order valence-corrected chi connectivity index (χ1v) is 13.5. The maximum atomic E-state index is 13.6. The van der Waals surface area contributed by atoms with E-state index >= 15 is 0 Å². The van der Waals surface area contributed by atoms with Crippen molar-refractivity contribution >= 4 is 22.9 Å². The molecule has 0 bridgehead atoms. The van der Waals surface area contributed by atoms with Crippen LogP contribution in [0.1, 0.15) is 93.3 Å². The summed E-state index contributed by atoms with van der Waals surface area (Å²) >= 11 is 0. The zero-order valence-corrected chi connectivity index (χ0v) is 22.0. The number of rotatable bonds is 8. The summed E-state index contributed by atoms with van der Waals surface area (Å²) < 4.78 is 0. The Morgan fingerprint density at radius 2 is 1.69 bits per heavy atom. The lowest BCUT2D eigenvalue weighted by molar-refractivity contribution is -0.136. The molecule has 186 valence electrons. The lowest BCUT2D eigenvalue weighted by Gasteiger charge is -2.30. The number of hydrogen-bond acceptors (Lipinski definition) is 3. The van der Waals surface area contributed by atoms with Gasteiger partial charge < -0.3 is 0 Å². The molecule has 0 spiro atoms. The van der Waals surface area contributed by atoms with Crippen molar-refractivity contribution in [3.05, 3.63) is 64.3 Å². The summed E-state index contributed by atoms with van der Waals surface area (Å²) in [5.74, 6) is 0.672. The zero-order chi connectivity index (χ0) is 25.3. The zero-order valence-electron chi connectivity index (χ0n) is 22.0. The van der Waals surface area contributed by atoms with Gasteiger partial charge >= 0.3 is 0 Å². The van der Waals surface area contributed by atoms with Gasteiger partial charge in [0.25, 0.3) is 0 Å². The van der Waals surface area contributed by atoms with E-state index in [0.29, 0.717) is 23.8 Å². The largest absolute Gasteiger partial charge is 0.294 e. The van der Waals surface area contributed by atoms with Crippen molar-refractivity contribution in [2.75, 3.05) is 0 Å². The normalized spacial score (nSPS) is 24.6. The first-order valence-electron chi connectivity index (χ1n) is 13.5. The summed E-state index contributed by atoms with van der Waals surface area (Å²) in [7, 11) is 0. The number of ketones is 3. The fourth-order valence-corrected chi connectivity index (χ4v) is 5.89. The van der Waals surface area contributed by atoms with Crippen LogP contribution in [0.25, 0.3) is 5.57 Å². The van der Waals surface area contributed by atoms with E-state index < -0.39 is 5.78 Å². The lowest BCUT2D eigenvalue weighted by atomic mass is 9.74. The van der Waals surface area contributed by atoms with E-state index in [0.717, 1.165) is 54.4 Å². The molecule has 35 heavy (non-hydrogen) atoms. The average Bonchev–Trinajstić information content (AvgIpc) is 3.26. The minimum Gasteiger partial charge on any atom is -0.294 e. The number of aryl methyl sites for hydroxylation is 1. The third-order valence-corrected chi connectivity index (χ3v) is 8.64. The molecular formula is C32H40O3. The molecule has 2 atom stereocenters. The van der Waals surface area contributed by atoms with Crippen LogP contribution in [0.15, 0.2) is 42.0 Å². The molecule has 1 saturated carbocycles. The molecule has 0 N–H and O–H groups in total. The van der Waals surface area contributed by atoms with Crippen LogP contribution in [0, 0.1) is 36.5 Å². The molecule has 0 heterocycles. The van der Waals surface area contributed by atoms with Crippen LogP contribution in [-0.2, 0) is 16.0 Å². The van der Waals surface area contributed by atoms with Crippen molar-refractivity contribution in [1.82, 2.24) is 0 Å². The van der Waals surface area contributed by atoms with Gasteiger partial charge in [-0.1, -0.05) is 56.7 Å². The lowest BCUT2D eigenvalue weighted by Crippen LogP contribution is -2.26. The first-order chi connectivity index (χ1) is 16.7. The maximum absolute atomic E-state index is 13.6.